The molecular weight excluding hydrogens is 314 g/mol. The second kappa shape index (κ2) is 9.78. The van der Waals surface area contributed by atoms with E-state index in [0.29, 0.717) is 19.3 Å². The van der Waals surface area contributed by atoms with Gasteiger partial charge in [0.2, 0.25) is 0 Å². The Hall–Kier alpha value is -1.59. The molecule has 1 aromatic carbocycles. The lowest BCUT2D eigenvalue weighted by Crippen LogP contribution is -2.38. The van der Waals surface area contributed by atoms with Crippen LogP contribution in [0.4, 0.5) is 0 Å². The van der Waals surface area contributed by atoms with Crippen LogP contribution >= 0.6 is 0 Å². The topological polar surface area (TPSA) is 54.9 Å². The van der Waals surface area contributed by atoms with Crippen molar-refractivity contribution < 1.29 is 9.47 Å². The van der Waals surface area contributed by atoms with Gasteiger partial charge < -0.3 is 20.1 Å². The predicted molar refractivity (Wildman–Crippen MR) is 101 cm³/mol. The van der Waals surface area contributed by atoms with Crippen molar-refractivity contribution in [3.8, 4) is 0 Å². The SMILES string of the molecule is CCNC(=NCc1cccc(COC2CCOCC2)c1)NCC1CC1. The maximum atomic E-state index is 6.02. The number of ether oxygens (including phenoxy) is 2. The molecule has 0 aromatic heterocycles. The molecule has 5 nitrogen and oxygen atoms in total. The van der Waals surface area contributed by atoms with Crippen molar-refractivity contribution in [2.24, 2.45) is 10.9 Å². The normalized spacial score (nSPS) is 19.0. The van der Waals surface area contributed by atoms with Crippen LogP contribution in [0.25, 0.3) is 0 Å². The second-order valence-corrected chi connectivity index (χ2v) is 6.96. The molecule has 0 spiro atoms. The van der Waals surface area contributed by atoms with Gasteiger partial charge in [-0.2, -0.15) is 0 Å². The van der Waals surface area contributed by atoms with E-state index >= 15 is 0 Å². The van der Waals surface area contributed by atoms with Crippen LogP contribution in [0.1, 0.15) is 43.7 Å². The molecule has 1 aromatic rings. The van der Waals surface area contributed by atoms with Crippen molar-refractivity contribution in [2.75, 3.05) is 26.3 Å². The molecule has 0 radical (unpaired) electrons. The smallest absolute Gasteiger partial charge is 0.191 e. The van der Waals surface area contributed by atoms with Crippen LogP contribution in [0.2, 0.25) is 0 Å². The molecule has 1 heterocycles. The van der Waals surface area contributed by atoms with Crippen LogP contribution in [-0.4, -0.2) is 38.4 Å². The number of hydrogen-bond acceptors (Lipinski definition) is 3. The summed E-state index contributed by atoms with van der Waals surface area (Å²) in [6, 6.07) is 8.56. The van der Waals surface area contributed by atoms with Gasteiger partial charge in [-0.1, -0.05) is 24.3 Å². The maximum absolute atomic E-state index is 6.02. The zero-order valence-corrected chi connectivity index (χ0v) is 15.3. The number of guanidine groups is 1. The van der Waals surface area contributed by atoms with Gasteiger partial charge in [0.15, 0.2) is 5.96 Å². The number of hydrogen-bond donors (Lipinski definition) is 2. The molecule has 25 heavy (non-hydrogen) atoms. The Kier molecular flexibility index (Phi) is 7.12. The summed E-state index contributed by atoms with van der Waals surface area (Å²) in [5.41, 5.74) is 2.44. The van der Waals surface area contributed by atoms with Crippen molar-refractivity contribution in [1.82, 2.24) is 10.6 Å². The van der Waals surface area contributed by atoms with E-state index in [1.54, 1.807) is 0 Å². The van der Waals surface area contributed by atoms with E-state index in [2.05, 4.69) is 41.8 Å². The molecule has 1 saturated heterocycles. The van der Waals surface area contributed by atoms with Crippen LogP contribution in [0.5, 0.6) is 0 Å². The Morgan fingerprint density at radius 2 is 1.96 bits per heavy atom. The standard InChI is InChI=1S/C20H31N3O2/c1-2-21-20(22-13-16-6-7-16)23-14-17-4-3-5-18(12-17)15-25-19-8-10-24-11-9-19/h3-5,12,16,19H,2,6-11,13-15H2,1H3,(H2,21,22,23). The van der Waals surface area contributed by atoms with E-state index in [0.717, 1.165) is 51.0 Å². The highest BCUT2D eigenvalue weighted by Gasteiger charge is 2.21. The fraction of sp³-hybridized carbons (Fsp3) is 0.650. The highest BCUT2D eigenvalue weighted by Crippen LogP contribution is 2.27. The fourth-order valence-corrected chi connectivity index (χ4v) is 2.95. The Morgan fingerprint density at radius 3 is 2.72 bits per heavy atom. The summed E-state index contributed by atoms with van der Waals surface area (Å²) < 4.78 is 11.4. The molecule has 1 saturated carbocycles. The molecule has 0 unspecified atom stereocenters. The van der Waals surface area contributed by atoms with E-state index in [-0.39, 0.29) is 0 Å². The number of aliphatic imine (C=N–C) groups is 1. The van der Waals surface area contributed by atoms with Gasteiger partial charge in [0.25, 0.3) is 0 Å². The summed E-state index contributed by atoms with van der Waals surface area (Å²) >= 11 is 0. The van der Waals surface area contributed by atoms with E-state index in [1.165, 1.54) is 24.0 Å². The number of nitrogens with one attached hydrogen (secondary N) is 2. The monoisotopic (exact) mass is 345 g/mol. The molecule has 5 heteroatoms. The zero-order valence-electron chi connectivity index (χ0n) is 15.3. The minimum absolute atomic E-state index is 0.336. The molecule has 1 aliphatic carbocycles. The molecule has 0 bridgehead atoms. The zero-order chi connectivity index (χ0) is 17.3. The molecule has 138 valence electrons. The minimum Gasteiger partial charge on any atom is -0.381 e. The van der Waals surface area contributed by atoms with Gasteiger partial charge in [-0.25, -0.2) is 4.99 Å². The van der Waals surface area contributed by atoms with Crippen LogP contribution in [0, 0.1) is 5.92 Å². The van der Waals surface area contributed by atoms with E-state index in [4.69, 9.17) is 14.5 Å². The van der Waals surface area contributed by atoms with Crippen molar-refractivity contribution in [2.45, 2.75) is 51.9 Å². The van der Waals surface area contributed by atoms with Crippen molar-refractivity contribution in [1.29, 1.82) is 0 Å². The van der Waals surface area contributed by atoms with Crippen molar-refractivity contribution >= 4 is 5.96 Å². The Labute approximate surface area is 151 Å². The van der Waals surface area contributed by atoms with Gasteiger partial charge in [-0.05, 0) is 49.7 Å². The lowest BCUT2D eigenvalue weighted by Gasteiger charge is -2.22. The average molecular weight is 345 g/mol. The first-order chi connectivity index (χ1) is 12.3. The van der Waals surface area contributed by atoms with Crippen LogP contribution in [0.3, 0.4) is 0 Å². The molecule has 2 N–H and O–H groups in total. The first-order valence-electron chi connectivity index (χ1n) is 9.63. The van der Waals surface area contributed by atoms with Crippen LogP contribution in [-0.2, 0) is 22.6 Å². The highest BCUT2D eigenvalue weighted by molar-refractivity contribution is 5.79. The average Bonchev–Trinajstić information content (AvgIpc) is 3.48. The number of nitrogens with zero attached hydrogens (tertiary/aromatic N) is 1. The first kappa shape index (κ1) is 18.2. The predicted octanol–water partition coefficient (Wildman–Crippen LogP) is 2.85. The second-order valence-electron chi connectivity index (χ2n) is 6.96. The summed E-state index contributed by atoms with van der Waals surface area (Å²) in [4.78, 5) is 4.71. The lowest BCUT2D eigenvalue weighted by atomic mass is 10.1. The molecule has 1 aliphatic heterocycles. The molecular formula is C20H31N3O2. The molecule has 2 aliphatic rings. The Morgan fingerprint density at radius 1 is 1.16 bits per heavy atom. The van der Waals surface area contributed by atoms with E-state index in [1.807, 2.05) is 0 Å². The van der Waals surface area contributed by atoms with Crippen molar-refractivity contribution in [3.05, 3.63) is 35.4 Å². The van der Waals surface area contributed by atoms with Gasteiger partial charge in [-0.3, -0.25) is 0 Å². The van der Waals surface area contributed by atoms with Gasteiger partial charge in [0.1, 0.15) is 0 Å². The summed E-state index contributed by atoms with van der Waals surface area (Å²) in [6.07, 6.45) is 5.04. The third kappa shape index (κ3) is 6.67. The lowest BCUT2D eigenvalue weighted by molar-refractivity contribution is -0.0390. The maximum Gasteiger partial charge on any atom is 0.191 e. The van der Waals surface area contributed by atoms with E-state index < -0.39 is 0 Å². The van der Waals surface area contributed by atoms with Crippen LogP contribution in [0.15, 0.2) is 29.3 Å². The summed E-state index contributed by atoms with van der Waals surface area (Å²) in [6.45, 7) is 7.01. The van der Waals surface area contributed by atoms with Crippen molar-refractivity contribution in [3.63, 3.8) is 0 Å². The number of rotatable bonds is 8. The quantitative estimate of drug-likeness (QED) is 0.562. The van der Waals surface area contributed by atoms with Gasteiger partial charge in [0.05, 0.1) is 19.3 Å². The minimum atomic E-state index is 0.336. The highest BCUT2D eigenvalue weighted by atomic mass is 16.5. The third-order valence-electron chi connectivity index (χ3n) is 4.66. The molecule has 0 amide bonds. The summed E-state index contributed by atoms with van der Waals surface area (Å²) in [5, 5.41) is 6.76. The number of benzene rings is 1. The van der Waals surface area contributed by atoms with Gasteiger partial charge in [-0.15, -0.1) is 0 Å². The molecule has 3 rings (SSSR count). The largest absolute Gasteiger partial charge is 0.381 e. The van der Waals surface area contributed by atoms with E-state index in [9.17, 15) is 0 Å². The Bertz CT molecular complexity index is 552. The summed E-state index contributed by atoms with van der Waals surface area (Å²) in [5.74, 6) is 1.76. The van der Waals surface area contributed by atoms with Gasteiger partial charge >= 0.3 is 0 Å². The van der Waals surface area contributed by atoms with Crippen LogP contribution < -0.4 is 10.6 Å². The fourth-order valence-electron chi connectivity index (χ4n) is 2.95. The molecule has 0 atom stereocenters. The molecule has 2 fully saturated rings. The first-order valence-corrected chi connectivity index (χ1v) is 9.63. The van der Waals surface area contributed by atoms with Gasteiger partial charge in [0, 0.05) is 26.3 Å². The third-order valence-corrected chi connectivity index (χ3v) is 4.66. The summed E-state index contributed by atoms with van der Waals surface area (Å²) in [7, 11) is 0. The Balaban J connectivity index is 1.49.